The number of aliphatic hydroxyl groups is 3. The zero-order valence-electron chi connectivity index (χ0n) is 10.6. The minimum absolute atomic E-state index is 0.0370. The van der Waals surface area contributed by atoms with Crippen molar-refractivity contribution in [2.45, 2.75) is 37.0 Å². The van der Waals surface area contributed by atoms with E-state index in [9.17, 15) is 25.4 Å². The first-order valence-electron chi connectivity index (χ1n) is 6.18. The summed E-state index contributed by atoms with van der Waals surface area (Å²) in [6.45, 7) is -0.0370. The number of hydrogen-bond acceptors (Lipinski definition) is 9. The monoisotopic (exact) mass is 303 g/mol. The van der Waals surface area contributed by atoms with Crippen LogP contribution in [0.3, 0.4) is 0 Å². The van der Waals surface area contributed by atoms with Crippen LogP contribution in [0.5, 0.6) is 0 Å². The van der Waals surface area contributed by atoms with E-state index in [0.717, 1.165) is 6.07 Å². The molecule has 2 fully saturated rings. The molecule has 1 aromatic rings. The third-order valence-electron chi connectivity index (χ3n) is 3.38. The molecule has 10 heteroatoms. The van der Waals surface area contributed by atoms with Crippen molar-refractivity contribution in [2.75, 3.05) is 6.61 Å². The third-order valence-corrected chi connectivity index (χ3v) is 3.38. The first-order valence-corrected chi connectivity index (χ1v) is 6.18. The fraction of sp³-hybridized carbons (Fsp3) is 0.636. The van der Waals surface area contributed by atoms with Gasteiger partial charge in [-0.3, -0.25) is 10.1 Å². The predicted octanol–water partition coefficient (Wildman–Crippen LogP) is -0.959. The van der Waals surface area contributed by atoms with Gasteiger partial charge in [0.1, 0.15) is 29.3 Å². The zero-order chi connectivity index (χ0) is 15.1. The molecule has 4 unspecified atom stereocenters. The average molecular weight is 303 g/mol. The highest BCUT2D eigenvalue weighted by Crippen LogP contribution is 2.35. The standard InChI is InChI=1S/C11H13NO9/c13-7-8(14)10(15)20-5-3-18-11(21-9(5)7)4-1-2-6(19-4)12(16)17/h1-2,5,7-11,13-15H,3H2/t5?,7-,8+,9?,10?,11?/m1/s1. The first kappa shape index (κ1) is 14.4. The number of nitrogens with zero attached hydrogens (tertiary/aromatic N) is 1. The van der Waals surface area contributed by atoms with Crippen LogP contribution in [0.1, 0.15) is 12.1 Å². The molecule has 3 rings (SSSR count). The Hall–Kier alpha value is -1.56. The molecule has 2 aliphatic heterocycles. The average Bonchev–Trinajstić information content (AvgIpc) is 2.95. The van der Waals surface area contributed by atoms with Gasteiger partial charge in [-0.15, -0.1) is 0 Å². The maximum atomic E-state index is 10.6. The maximum absolute atomic E-state index is 10.6. The van der Waals surface area contributed by atoms with Gasteiger partial charge >= 0.3 is 5.88 Å². The van der Waals surface area contributed by atoms with E-state index < -0.39 is 47.8 Å². The number of furan rings is 1. The molecular formula is C11H13NO9. The van der Waals surface area contributed by atoms with Crippen LogP contribution >= 0.6 is 0 Å². The molecule has 1 aromatic heterocycles. The van der Waals surface area contributed by atoms with Crippen LogP contribution in [-0.2, 0) is 14.2 Å². The highest BCUT2D eigenvalue weighted by molar-refractivity contribution is 5.18. The highest BCUT2D eigenvalue weighted by atomic mass is 16.7. The van der Waals surface area contributed by atoms with Gasteiger partial charge in [0.25, 0.3) is 0 Å². The molecule has 2 saturated heterocycles. The van der Waals surface area contributed by atoms with Gasteiger partial charge in [-0.05, 0) is 6.07 Å². The Kier molecular flexibility index (Phi) is 3.65. The van der Waals surface area contributed by atoms with Gasteiger partial charge < -0.3 is 33.9 Å². The third kappa shape index (κ3) is 2.52. The molecule has 0 bridgehead atoms. The fourth-order valence-corrected chi connectivity index (χ4v) is 2.30. The van der Waals surface area contributed by atoms with E-state index >= 15 is 0 Å². The molecule has 10 nitrogen and oxygen atoms in total. The Morgan fingerprint density at radius 3 is 2.62 bits per heavy atom. The van der Waals surface area contributed by atoms with Crippen LogP contribution in [-0.4, -0.2) is 57.6 Å². The van der Waals surface area contributed by atoms with Crippen molar-refractivity contribution in [1.29, 1.82) is 0 Å². The number of ether oxygens (including phenoxy) is 3. The molecule has 21 heavy (non-hydrogen) atoms. The van der Waals surface area contributed by atoms with Crippen molar-refractivity contribution >= 4 is 5.88 Å². The molecule has 2 aliphatic rings. The smallest absolute Gasteiger partial charge is 0.400 e. The Bertz CT molecular complexity index is 530. The van der Waals surface area contributed by atoms with Gasteiger partial charge in [-0.1, -0.05) is 0 Å². The van der Waals surface area contributed by atoms with Crippen molar-refractivity contribution in [3.05, 3.63) is 28.0 Å². The van der Waals surface area contributed by atoms with Gasteiger partial charge in [0.15, 0.2) is 12.1 Å². The molecule has 0 spiro atoms. The number of fused-ring (bicyclic) bond motifs is 1. The summed E-state index contributed by atoms with van der Waals surface area (Å²) >= 11 is 0. The van der Waals surface area contributed by atoms with Crippen LogP contribution in [0.25, 0.3) is 0 Å². The minimum Gasteiger partial charge on any atom is -0.400 e. The van der Waals surface area contributed by atoms with E-state index in [4.69, 9.17) is 18.6 Å². The lowest BCUT2D eigenvalue weighted by Crippen LogP contribution is -2.61. The highest BCUT2D eigenvalue weighted by Gasteiger charge is 2.48. The van der Waals surface area contributed by atoms with Crippen LogP contribution < -0.4 is 0 Å². The van der Waals surface area contributed by atoms with Gasteiger partial charge in [0.05, 0.1) is 12.7 Å². The van der Waals surface area contributed by atoms with Crippen molar-refractivity contribution in [2.24, 2.45) is 0 Å². The summed E-state index contributed by atoms with van der Waals surface area (Å²) in [5.41, 5.74) is 0. The van der Waals surface area contributed by atoms with E-state index in [0.29, 0.717) is 0 Å². The van der Waals surface area contributed by atoms with E-state index in [2.05, 4.69) is 0 Å². The van der Waals surface area contributed by atoms with Crippen molar-refractivity contribution in [3.8, 4) is 0 Å². The molecule has 116 valence electrons. The number of aliphatic hydroxyl groups excluding tert-OH is 3. The summed E-state index contributed by atoms with van der Waals surface area (Å²) in [6.07, 6.45) is -7.22. The van der Waals surface area contributed by atoms with Crippen LogP contribution in [0.4, 0.5) is 5.88 Å². The summed E-state index contributed by atoms with van der Waals surface area (Å²) < 4.78 is 20.7. The Morgan fingerprint density at radius 2 is 1.95 bits per heavy atom. The molecule has 3 N–H and O–H groups in total. The van der Waals surface area contributed by atoms with Gasteiger partial charge in [0, 0.05) is 0 Å². The van der Waals surface area contributed by atoms with Gasteiger partial charge in [0.2, 0.25) is 6.29 Å². The molecule has 0 aromatic carbocycles. The summed E-state index contributed by atoms with van der Waals surface area (Å²) in [5.74, 6) is -0.400. The van der Waals surface area contributed by atoms with E-state index in [-0.39, 0.29) is 12.4 Å². The molecule has 3 heterocycles. The minimum atomic E-state index is -1.53. The van der Waals surface area contributed by atoms with Crippen molar-refractivity contribution < 1.29 is 38.9 Å². The Morgan fingerprint density at radius 1 is 1.19 bits per heavy atom. The van der Waals surface area contributed by atoms with Crippen LogP contribution in [0.2, 0.25) is 0 Å². The number of hydrogen-bond donors (Lipinski definition) is 3. The normalized spacial score (nSPS) is 39.8. The second kappa shape index (κ2) is 5.33. The van der Waals surface area contributed by atoms with E-state index in [1.54, 1.807) is 0 Å². The van der Waals surface area contributed by atoms with Crippen LogP contribution in [0, 0.1) is 10.1 Å². The zero-order valence-corrected chi connectivity index (χ0v) is 10.6. The second-order valence-corrected chi connectivity index (χ2v) is 4.75. The van der Waals surface area contributed by atoms with Gasteiger partial charge in [-0.25, -0.2) is 0 Å². The fourth-order valence-electron chi connectivity index (χ4n) is 2.30. The lowest BCUT2D eigenvalue weighted by molar-refractivity contribution is -0.404. The largest absolute Gasteiger partial charge is 0.433 e. The molecular weight excluding hydrogens is 290 g/mol. The Balaban J connectivity index is 1.75. The molecule has 0 radical (unpaired) electrons. The maximum Gasteiger partial charge on any atom is 0.433 e. The van der Waals surface area contributed by atoms with E-state index in [1.807, 2.05) is 0 Å². The topological polar surface area (TPSA) is 145 Å². The number of nitro groups is 1. The van der Waals surface area contributed by atoms with Crippen molar-refractivity contribution in [3.63, 3.8) is 0 Å². The second-order valence-electron chi connectivity index (χ2n) is 4.75. The van der Waals surface area contributed by atoms with Crippen molar-refractivity contribution in [1.82, 2.24) is 0 Å². The Labute approximate surface area is 117 Å². The quantitative estimate of drug-likeness (QED) is 0.464. The van der Waals surface area contributed by atoms with E-state index in [1.165, 1.54) is 6.07 Å². The van der Waals surface area contributed by atoms with Crippen LogP contribution in [0.15, 0.2) is 16.5 Å². The molecule has 6 atom stereocenters. The van der Waals surface area contributed by atoms with Gasteiger partial charge in [-0.2, -0.15) is 0 Å². The first-order chi connectivity index (χ1) is 9.97. The summed E-state index contributed by atoms with van der Waals surface area (Å²) in [6, 6.07) is 2.48. The predicted molar refractivity (Wildman–Crippen MR) is 61.8 cm³/mol. The lowest BCUT2D eigenvalue weighted by atomic mass is 9.98. The molecule has 0 saturated carbocycles. The summed E-state index contributed by atoms with van der Waals surface area (Å²) in [4.78, 5) is 9.86. The summed E-state index contributed by atoms with van der Waals surface area (Å²) in [5, 5.41) is 39.4. The molecule has 0 aliphatic carbocycles. The summed E-state index contributed by atoms with van der Waals surface area (Å²) in [7, 11) is 0. The molecule has 0 amide bonds. The number of rotatable bonds is 2. The lowest BCUT2D eigenvalue weighted by Gasteiger charge is -2.44. The SMILES string of the molecule is O=[N+]([O-])c1ccc(C2OCC3OC(O)[C@@H](O)[C@@H](O)C3O2)o1.